The van der Waals surface area contributed by atoms with Crippen molar-refractivity contribution in [2.24, 2.45) is 0 Å². The second-order valence-corrected chi connectivity index (χ2v) is 12.6. The zero-order valence-corrected chi connectivity index (χ0v) is 17.8. The molecule has 0 spiro atoms. The van der Waals surface area contributed by atoms with Crippen molar-refractivity contribution in [1.29, 1.82) is 0 Å². The standard InChI is InChI=1S/C25H29NOSi/c1-25(2,18-17-20-13-16-24(26-19-20)21-14-15-21)28(27,22-9-5-3-6-10-22)23-11-7-4-8-12-23/h3-13,16,19,21,27H,14-15,17-18H2,1-2H3. The molecule has 1 fully saturated rings. The molecule has 28 heavy (non-hydrogen) atoms. The molecule has 0 atom stereocenters. The molecule has 1 heterocycles. The van der Waals surface area contributed by atoms with Gasteiger partial charge in [0.25, 0.3) is 8.32 Å². The van der Waals surface area contributed by atoms with Crippen LogP contribution < -0.4 is 10.4 Å². The first-order valence-electron chi connectivity index (χ1n) is 10.3. The Morgan fingerprint density at radius 1 is 0.893 bits per heavy atom. The average molecular weight is 388 g/mol. The van der Waals surface area contributed by atoms with E-state index in [1.165, 1.54) is 24.1 Å². The highest BCUT2D eigenvalue weighted by Gasteiger charge is 2.49. The van der Waals surface area contributed by atoms with E-state index in [1.807, 2.05) is 42.6 Å². The number of pyridine rings is 1. The number of hydrogen-bond acceptors (Lipinski definition) is 2. The topological polar surface area (TPSA) is 33.1 Å². The second-order valence-electron chi connectivity index (χ2n) is 8.69. The Bertz CT molecular complexity index is 863. The molecule has 0 saturated heterocycles. The van der Waals surface area contributed by atoms with Gasteiger partial charge in [-0.1, -0.05) is 80.6 Å². The summed E-state index contributed by atoms with van der Waals surface area (Å²) >= 11 is 0. The van der Waals surface area contributed by atoms with Gasteiger partial charge >= 0.3 is 0 Å². The highest BCUT2D eigenvalue weighted by molar-refractivity contribution is 6.98. The molecule has 1 aliphatic rings. The van der Waals surface area contributed by atoms with Crippen LogP contribution in [0, 0.1) is 0 Å². The summed E-state index contributed by atoms with van der Waals surface area (Å²) in [7, 11) is -2.92. The molecular formula is C25H29NOSi. The summed E-state index contributed by atoms with van der Waals surface area (Å²) in [4.78, 5) is 16.9. The zero-order chi connectivity index (χ0) is 19.6. The first-order chi connectivity index (χ1) is 13.5. The fraction of sp³-hybridized carbons (Fsp3) is 0.320. The Balaban J connectivity index is 1.61. The number of aromatic nitrogens is 1. The molecular weight excluding hydrogens is 358 g/mol. The highest BCUT2D eigenvalue weighted by atomic mass is 28.4. The van der Waals surface area contributed by atoms with E-state index >= 15 is 0 Å². The third-order valence-corrected chi connectivity index (χ3v) is 10.8. The van der Waals surface area contributed by atoms with E-state index in [0.29, 0.717) is 5.92 Å². The molecule has 144 valence electrons. The normalized spacial score (nSPS) is 14.8. The molecule has 1 aromatic heterocycles. The fourth-order valence-electron chi connectivity index (χ4n) is 4.15. The van der Waals surface area contributed by atoms with Gasteiger partial charge in [-0.15, -0.1) is 0 Å². The fourth-order valence-corrected chi connectivity index (χ4v) is 7.88. The largest absolute Gasteiger partial charge is 0.424 e. The maximum Gasteiger partial charge on any atom is 0.258 e. The number of rotatable bonds is 7. The molecule has 3 heteroatoms. The van der Waals surface area contributed by atoms with E-state index in [9.17, 15) is 4.80 Å². The lowest BCUT2D eigenvalue weighted by Gasteiger charge is -2.41. The molecule has 4 rings (SSSR count). The zero-order valence-electron chi connectivity index (χ0n) is 16.8. The third kappa shape index (κ3) is 3.69. The highest BCUT2D eigenvalue weighted by Crippen LogP contribution is 2.41. The minimum absolute atomic E-state index is 0.217. The van der Waals surface area contributed by atoms with Crippen LogP contribution in [0.3, 0.4) is 0 Å². The van der Waals surface area contributed by atoms with Crippen LogP contribution in [0.4, 0.5) is 0 Å². The molecule has 0 amide bonds. The van der Waals surface area contributed by atoms with E-state index in [1.54, 1.807) is 0 Å². The average Bonchev–Trinajstić information content (AvgIpc) is 3.59. The Morgan fingerprint density at radius 3 is 1.93 bits per heavy atom. The van der Waals surface area contributed by atoms with Crippen molar-refractivity contribution in [3.8, 4) is 0 Å². The Morgan fingerprint density at radius 2 is 1.46 bits per heavy atom. The third-order valence-electron chi connectivity index (χ3n) is 6.24. The Labute approximate surface area is 169 Å². The van der Waals surface area contributed by atoms with Crippen LogP contribution in [0.5, 0.6) is 0 Å². The van der Waals surface area contributed by atoms with Crippen LogP contribution in [-0.4, -0.2) is 18.1 Å². The predicted octanol–water partition coefficient (Wildman–Crippen LogP) is 4.42. The minimum atomic E-state index is -2.92. The van der Waals surface area contributed by atoms with E-state index < -0.39 is 8.32 Å². The van der Waals surface area contributed by atoms with E-state index in [4.69, 9.17) is 0 Å². The van der Waals surface area contributed by atoms with E-state index in [-0.39, 0.29) is 5.04 Å². The summed E-state index contributed by atoms with van der Waals surface area (Å²) in [6.45, 7) is 4.45. The smallest absolute Gasteiger partial charge is 0.258 e. The van der Waals surface area contributed by atoms with Gasteiger partial charge in [-0.05, 0) is 52.7 Å². The summed E-state index contributed by atoms with van der Waals surface area (Å²) in [6, 6.07) is 25.0. The first-order valence-corrected chi connectivity index (χ1v) is 12.2. The molecule has 1 aliphatic carbocycles. The van der Waals surface area contributed by atoms with Crippen molar-refractivity contribution in [3.63, 3.8) is 0 Å². The number of benzene rings is 2. The molecule has 2 nitrogen and oxygen atoms in total. The van der Waals surface area contributed by atoms with Gasteiger partial charge in [-0.25, -0.2) is 0 Å². The van der Waals surface area contributed by atoms with Gasteiger partial charge < -0.3 is 4.80 Å². The molecule has 1 N–H and O–H groups in total. The van der Waals surface area contributed by atoms with Crippen LogP contribution in [0.25, 0.3) is 0 Å². The maximum atomic E-state index is 12.2. The van der Waals surface area contributed by atoms with E-state index in [2.05, 4.69) is 55.2 Å². The molecule has 3 aromatic rings. The lowest BCUT2D eigenvalue weighted by molar-refractivity contribution is 0.466. The van der Waals surface area contributed by atoms with Gasteiger partial charge in [-0.2, -0.15) is 0 Å². The van der Waals surface area contributed by atoms with Gasteiger partial charge in [0, 0.05) is 17.8 Å². The number of hydrogen-bond donors (Lipinski definition) is 1. The Hall–Kier alpha value is -2.23. The monoisotopic (exact) mass is 387 g/mol. The van der Waals surface area contributed by atoms with Crippen LogP contribution in [0.2, 0.25) is 5.04 Å². The van der Waals surface area contributed by atoms with Crippen molar-refractivity contribution < 1.29 is 4.80 Å². The van der Waals surface area contributed by atoms with Gasteiger partial charge in [0.15, 0.2) is 0 Å². The van der Waals surface area contributed by atoms with Crippen molar-refractivity contribution in [2.75, 3.05) is 0 Å². The SMILES string of the molecule is CC(C)(CCc1ccc(C2CC2)nc1)[Si](O)(c1ccccc1)c1ccccc1. The lowest BCUT2D eigenvalue weighted by Crippen LogP contribution is -2.65. The summed E-state index contributed by atoms with van der Waals surface area (Å²) < 4.78 is 0. The first kappa shape index (κ1) is 19.1. The van der Waals surface area contributed by atoms with E-state index in [0.717, 1.165) is 23.2 Å². The second kappa shape index (κ2) is 7.65. The van der Waals surface area contributed by atoms with Crippen LogP contribution in [-0.2, 0) is 6.42 Å². The van der Waals surface area contributed by atoms with Gasteiger partial charge in [0.1, 0.15) is 0 Å². The predicted molar refractivity (Wildman–Crippen MR) is 119 cm³/mol. The molecule has 1 saturated carbocycles. The number of nitrogens with zero attached hydrogens (tertiary/aromatic N) is 1. The lowest BCUT2D eigenvalue weighted by atomic mass is 10.0. The Kier molecular flexibility index (Phi) is 5.22. The van der Waals surface area contributed by atoms with Gasteiger partial charge in [0.05, 0.1) is 0 Å². The number of aryl methyl sites for hydroxylation is 1. The van der Waals surface area contributed by atoms with Crippen molar-refractivity contribution in [3.05, 3.63) is 90.3 Å². The quantitative estimate of drug-likeness (QED) is 0.609. The van der Waals surface area contributed by atoms with Crippen molar-refractivity contribution >= 4 is 18.7 Å². The molecule has 0 aliphatic heterocycles. The molecule has 0 bridgehead atoms. The van der Waals surface area contributed by atoms with Crippen LogP contribution in [0.1, 0.15) is 50.3 Å². The van der Waals surface area contributed by atoms with Crippen molar-refractivity contribution in [2.45, 2.75) is 50.5 Å². The van der Waals surface area contributed by atoms with Crippen LogP contribution >= 0.6 is 0 Å². The van der Waals surface area contributed by atoms with Crippen molar-refractivity contribution in [1.82, 2.24) is 4.98 Å². The summed E-state index contributed by atoms with van der Waals surface area (Å²) in [5.41, 5.74) is 2.50. The maximum absolute atomic E-state index is 12.2. The summed E-state index contributed by atoms with van der Waals surface area (Å²) in [5, 5.41) is 1.94. The van der Waals surface area contributed by atoms with Gasteiger partial charge in [0.2, 0.25) is 0 Å². The minimum Gasteiger partial charge on any atom is -0.424 e. The summed E-state index contributed by atoms with van der Waals surface area (Å²) in [6.07, 6.45) is 6.46. The van der Waals surface area contributed by atoms with Gasteiger partial charge in [-0.3, -0.25) is 4.98 Å². The van der Waals surface area contributed by atoms with Crippen LogP contribution in [0.15, 0.2) is 79.0 Å². The summed E-state index contributed by atoms with van der Waals surface area (Å²) in [5.74, 6) is 0.694. The molecule has 0 unspecified atom stereocenters. The molecule has 0 radical (unpaired) electrons. The molecule has 2 aromatic carbocycles.